The second-order valence-corrected chi connectivity index (χ2v) is 6.40. The van der Waals surface area contributed by atoms with E-state index in [1.54, 1.807) is 6.20 Å². The number of halogens is 2. The van der Waals surface area contributed by atoms with Gasteiger partial charge in [-0.15, -0.1) is 0 Å². The number of nitrogens with one attached hydrogen (secondary N) is 4. The van der Waals surface area contributed by atoms with E-state index in [1.165, 1.54) is 6.92 Å². The molecule has 3 rings (SSSR count). The molecule has 0 spiro atoms. The molecule has 3 aromatic rings. The Balaban J connectivity index is 1.66. The summed E-state index contributed by atoms with van der Waals surface area (Å²) in [5, 5.41) is 3.57. The van der Waals surface area contributed by atoms with Crippen molar-refractivity contribution >= 4 is 22.7 Å². The lowest BCUT2D eigenvalue weighted by molar-refractivity contribution is -0.128. The first-order chi connectivity index (χ1) is 13.4. The molecule has 0 bridgehead atoms. The molecule has 0 saturated carbocycles. The van der Waals surface area contributed by atoms with E-state index in [0.717, 1.165) is 34.7 Å². The fraction of sp³-hybridized carbons (Fsp3) is 0.200. The highest BCUT2D eigenvalue weighted by Gasteiger charge is 2.21. The standard InChI is InChI=1S/C20H20F2N4O2/c1-12(27)25-19(9-13-10-23-18-5-3-2-4-16(13)18)20(28)26-24-11-14-8-15(21)6-7-17(14)22/h2-8,10,19,23-24H,9,11H2,1H3,(H,25,27)(H,26,28)/t19-/m0/s1. The average Bonchev–Trinajstić information content (AvgIpc) is 3.06. The van der Waals surface area contributed by atoms with E-state index >= 15 is 0 Å². The average molecular weight is 386 g/mol. The third-order valence-electron chi connectivity index (χ3n) is 4.29. The minimum absolute atomic E-state index is 0.0769. The quantitative estimate of drug-likeness (QED) is 0.470. The molecular weight excluding hydrogens is 366 g/mol. The zero-order valence-corrected chi connectivity index (χ0v) is 15.2. The molecule has 0 radical (unpaired) electrons. The number of aromatic amines is 1. The van der Waals surface area contributed by atoms with Gasteiger partial charge in [-0.3, -0.25) is 15.0 Å². The van der Waals surface area contributed by atoms with Crippen LogP contribution in [0.2, 0.25) is 0 Å². The van der Waals surface area contributed by atoms with Crippen LogP contribution < -0.4 is 16.2 Å². The largest absolute Gasteiger partial charge is 0.361 e. The molecular formula is C20H20F2N4O2. The maximum atomic E-state index is 13.6. The number of para-hydroxylation sites is 1. The summed E-state index contributed by atoms with van der Waals surface area (Å²) in [6.07, 6.45) is 2.06. The molecule has 1 atom stereocenters. The first-order valence-electron chi connectivity index (χ1n) is 8.73. The second-order valence-electron chi connectivity index (χ2n) is 6.40. The number of amides is 2. The Morgan fingerprint density at radius 1 is 1.11 bits per heavy atom. The number of hydrogen-bond donors (Lipinski definition) is 4. The van der Waals surface area contributed by atoms with Crippen molar-refractivity contribution in [2.24, 2.45) is 0 Å². The summed E-state index contributed by atoms with van der Waals surface area (Å²) in [4.78, 5) is 27.2. The van der Waals surface area contributed by atoms with E-state index in [2.05, 4.69) is 21.2 Å². The maximum Gasteiger partial charge on any atom is 0.256 e. The SMILES string of the molecule is CC(=O)N[C@@H](Cc1c[nH]c2ccccc12)C(=O)NNCc1cc(F)ccc1F. The van der Waals surface area contributed by atoms with Gasteiger partial charge in [0.05, 0.1) is 0 Å². The second kappa shape index (κ2) is 8.62. The number of fused-ring (bicyclic) bond motifs is 1. The van der Waals surface area contributed by atoms with Gasteiger partial charge in [-0.05, 0) is 29.8 Å². The van der Waals surface area contributed by atoms with Crippen molar-refractivity contribution < 1.29 is 18.4 Å². The topological polar surface area (TPSA) is 86.0 Å². The van der Waals surface area contributed by atoms with Crippen LogP contribution in [0.4, 0.5) is 8.78 Å². The number of hydrazine groups is 1. The van der Waals surface area contributed by atoms with Crippen LogP contribution in [0.5, 0.6) is 0 Å². The van der Waals surface area contributed by atoms with Gasteiger partial charge in [-0.1, -0.05) is 18.2 Å². The van der Waals surface area contributed by atoms with Gasteiger partial charge in [0, 0.05) is 42.6 Å². The normalized spacial score (nSPS) is 12.0. The summed E-state index contributed by atoms with van der Waals surface area (Å²) in [7, 11) is 0. The molecule has 0 aliphatic heterocycles. The van der Waals surface area contributed by atoms with Crippen molar-refractivity contribution in [3.05, 3.63) is 71.4 Å². The number of benzene rings is 2. The maximum absolute atomic E-state index is 13.6. The molecule has 8 heteroatoms. The Morgan fingerprint density at radius 3 is 2.68 bits per heavy atom. The molecule has 0 aliphatic carbocycles. The molecule has 28 heavy (non-hydrogen) atoms. The highest BCUT2D eigenvalue weighted by molar-refractivity contribution is 5.88. The van der Waals surface area contributed by atoms with E-state index < -0.39 is 23.6 Å². The molecule has 4 N–H and O–H groups in total. The third-order valence-corrected chi connectivity index (χ3v) is 4.29. The minimum Gasteiger partial charge on any atom is -0.361 e. The van der Waals surface area contributed by atoms with Gasteiger partial charge in [0.1, 0.15) is 17.7 Å². The van der Waals surface area contributed by atoms with Gasteiger partial charge in [0.25, 0.3) is 5.91 Å². The van der Waals surface area contributed by atoms with Crippen LogP contribution >= 0.6 is 0 Å². The summed E-state index contributed by atoms with van der Waals surface area (Å²) in [6, 6.07) is 9.89. The van der Waals surface area contributed by atoms with Gasteiger partial charge in [-0.2, -0.15) is 0 Å². The number of H-pyrrole nitrogens is 1. The molecule has 1 heterocycles. The van der Waals surface area contributed by atoms with E-state index in [-0.39, 0.29) is 24.4 Å². The first-order valence-corrected chi connectivity index (χ1v) is 8.73. The predicted octanol–water partition coefficient (Wildman–Crippen LogP) is 2.31. The van der Waals surface area contributed by atoms with Crippen LogP contribution in [0.1, 0.15) is 18.1 Å². The highest BCUT2D eigenvalue weighted by Crippen LogP contribution is 2.19. The van der Waals surface area contributed by atoms with Crippen molar-refractivity contribution in [3.8, 4) is 0 Å². The molecule has 0 aliphatic rings. The van der Waals surface area contributed by atoms with E-state index in [4.69, 9.17) is 0 Å². The molecule has 1 aromatic heterocycles. The fourth-order valence-corrected chi connectivity index (χ4v) is 2.97. The molecule has 0 unspecified atom stereocenters. The van der Waals surface area contributed by atoms with Gasteiger partial charge < -0.3 is 10.3 Å². The van der Waals surface area contributed by atoms with E-state index in [1.807, 2.05) is 24.3 Å². The molecule has 146 valence electrons. The van der Waals surface area contributed by atoms with E-state index in [0.29, 0.717) is 0 Å². The molecule has 2 aromatic carbocycles. The molecule has 2 amide bonds. The van der Waals surface area contributed by atoms with Gasteiger partial charge in [0.2, 0.25) is 5.91 Å². The summed E-state index contributed by atoms with van der Waals surface area (Å²) < 4.78 is 26.9. The summed E-state index contributed by atoms with van der Waals surface area (Å²) >= 11 is 0. The van der Waals surface area contributed by atoms with Crippen LogP contribution in [0.3, 0.4) is 0 Å². The van der Waals surface area contributed by atoms with Crippen molar-refractivity contribution in [1.29, 1.82) is 0 Å². The number of hydrogen-bond acceptors (Lipinski definition) is 3. The molecule has 0 saturated heterocycles. The van der Waals surface area contributed by atoms with E-state index in [9.17, 15) is 18.4 Å². The Morgan fingerprint density at radius 2 is 1.89 bits per heavy atom. The van der Waals surface area contributed by atoms with Crippen molar-refractivity contribution in [2.45, 2.75) is 25.9 Å². The smallest absolute Gasteiger partial charge is 0.256 e. The summed E-state index contributed by atoms with van der Waals surface area (Å²) in [5.41, 5.74) is 6.90. The van der Waals surface area contributed by atoms with Crippen molar-refractivity contribution in [3.63, 3.8) is 0 Å². The van der Waals surface area contributed by atoms with Crippen molar-refractivity contribution in [2.75, 3.05) is 0 Å². The summed E-state index contributed by atoms with van der Waals surface area (Å²) in [6.45, 7) is 1.22. The van der Waals surface area contributed by atoms with Crippen LogP contribution in [0.25, 0.3) is 10.9 Å². The minimum atomic E-state index is -0.832. The van der Waals surface area contributed by atoms with Crippen LogP contribution in [-0.4, -0.2) is 22.8 Å². The first kappa shape index (κ1) is 19.5. The molecule has 0 fully saturated rings. The number of aromatic nitrogens is 1. The Bertz CT molecular complexity index is 1000. The summed E-state index contributed by atoms with van der Waals surface area (Å²) in [5.74, 6) is -1.99. The lowest BCUT2D eigenvalue weighted by Gasteiger charge is -2.18. The fourth-order valence-electron chi connectivity index (χ4n) is 2.97. The lowest BCUT2D eigenvalue weighted by atomic mass is 10.0. The zero-order chi connectivity index (χ0) is 20.1. The number of carbonyl (C=O) groups excluding carboxylic acids is 2. The Kier molecular flexibility index (Phi) is 6.00. The van der Waals surface area contributed by atoms with Crippen LogP contribution in [0.15, 0.2) is 48.7 Å². The van der Waals surface area contributed by atoms with Gasteiger partial charge in [-0.25, -0.2) is 14.2 Å². The lowest BCUT2D eigenvalue weighted by Crippen LogP contribution is -2.51. The highest BCUT2D eigenvalue weighted by atomic mass is 19.1. The number of rotatable bonds is 7. The van der Waals surface area contributed by atoms with Crippen LogP contribution in [-0.2, 0) is 22.6 Å². The van der Waals surface area contributed by atoms with Crippen molar-refractivity contribution in [1.82, 2.24) is 21.2 Å². The van der Waals surface area contributed by atoms with Crippen LogP contribution in [0, 0.1) is 11.6 Å². The third kappa shape index (κ3) is 4.72. The van der Waals surface area contributed by atoms with Gasteiger partial charge in [0.15, 0.2) is 0 Å². The van der Waals surface area contributed by atoms with Gasteiger partial charge >= 0.3 is 0 Å². The number of carbonyl (C=O) groups is 2. The predicted molar refractivity (Wildman–Crippen MR) is 101 cm³/mol. The molecule has 6 nitrogen and oxygen atoms in total. The monoisotopic (exact) mass is 386 g/mol. The zero-order valence-electron chi connectivity index (χ0n) is 15.2. The Hall–Kier alpha value is -3.26. The Labute approximate surface area is 160 Å².